The Balaban J connectivity index is 1.54. The predicted octanol–water partition coefficient (Wildman–Crippen LogP) is 2.72. The lowest BCUT2D eigenvalue weighted by Gasteiger charge is -2.26. The van der Waals surface area contributed by atoms with Crippen molar-refractivity contribution in [3.05, 3.63) is 29.6 Å². The third kappa shape index (κ3) is 2.79. The van der Waals surface area contributed by atoms with Crippen molar-refractivity contribution in [1.29, 1.82) is 0 Å². The number of carbonyl (C=O) groups excluding carboxylic acids is 1. The van der Waals surface area contributed by atoms with Gasteiger partial charge >= 0.3 is 6.03 Å². The summed E-state index contributed by atoms with van der Waals surface area (Å²) >= 11 is 0. The van der Waals surface area contributed by atoms with Gasteiger partial charge in [0.2, 0.25) is 0 Å². The fourth-order valence-electron chi connectivity index (χ4n) is 3.74. The zero-order valence-electron chi connectivity index (χ0n) is 12.3. The monoisotopic (exact) mass is 273 g/mol. The van der Waals surface area contributed by atoms with E-state index in [9.17, 15) is 4.79 Å². The van der Waals surface area contributed by atoms with Crippen LogP contribution in [0.1, 0.15) is 36.9 Å². The van der Waals surface area contributed by atoms with Gasteiger partial charge in [-0.05, 0) is 55.7 Å². The number of aryl methyl sites for hydroxylation is 1. The van der Waals surface area contributed by atoms with E-state index in [1.54, 1.807) is 11.1 Å². The lowest BCUT2D eigenvalue weighted by Crippen LogP contribution is -2.44. The molecule has 1 N–H and O–H groups in total. The molecule has 0 aliphatic heterocycles. The number of nitrogens with one attached hydrogen (secondary N) is 1. The number of nitrogens with zero attached hydrogens (tertiary/aromatic N) is 2. The Morgan fingerprint density at radius 2 is 2.30 bits per heavy atom. The van der Waals surface area contributed by atoms with Gasteiger partial charge in [0.25, 0.3) is 0 Å². The average molecular weight is 273 g/mol. The molecule has 3 atom stereocenters. The van der Waals surface area contributed by atoms with Crippen molar-refractivity contribution >= 4 is 6.03 Å². The van der Waals surface area contributed by atoms with Gasteiger partial charge in [0.05, 0.1) is 0 Å². The first kappa shape index (κ1) is 13.4. The van der Waals surface area contributed by atoms with Crippen LogP contribution in [0.3, 0.4) is 0 Å². The van der Waals surface area contributed by atoms with Gasteiger partial charge in [0.1, 0.15) is 0 Å². The summed E-state index contributed by atoms with van der Waals surface area (Å²) in [5.74, 6) is 1.58. The van der Waals surface area contributed by atoms with Crippen molar-refractivity contribution in [3.8, 4) is 0 Å². The van der Waals surface area contributed by atoms with Crippen molar-refractivity contribution in [2.75, 3.05) is 7.05 Å². The quantitative estimate of drug-likeness (QED) is 0.920. The predicted molar refractivity (Wildman–Crippen MR) is 78.2 cm³/mol. The summed E-state index contributed by atoms with van der Waals surface area (Å²) in [5, 5.41) is 3.22. The van der Waals surface area contributed by atoms with Gasteiger partial charge in [-0.2, -0.15) is 0 Å². The molecule has 2 aliphatic carbocycles. The van der Waals surface area contributed by atoms with E-state index in [1.807, 2.05) is 26.1 Å². The van der Waals surface area contributed by atoms with Crippen LogP contribution in [0.2, 0.25) is 0 Å². The van der Waals surface area contributed by atoms with Crippen molar-refractivity contribution in [1.82, 2.24) is 15.2 Å². The van der Waals surface area contributed by atoms with E-state index < -0.39 is 0 Å². The summed E-state index contributed by atoms with van der Waals surface area (Å²) in [6, 6.07) is 4.45. The van der Waals surface area contributed by atoms with Crippen molar-refractivity contribution in [3.63, 3.8) is 0 Å². The van der Waals surface area contributed by atoms with Crippen LogP contribution in [0, 0.1) is 18.8 Å². The Bertz CT molecular complexity index is 502. The minimum atomic E-state index is 0.0528. The molecule has 2 fully saturated rings. The van der Waals surface area contributed by atoms with Gasteiger partial charge in [0.15, 0.2) is 0 Å². The van der Waals surface area contributed by atoms with E-state index in [0.717, 1.165) is 23.1 Å². The number of hydrogen-bond acceptors (Lipinski definition) is 2. The normalized spacial score (nSPS) is 27.6. The third-order valence-corrected chi connectivity index (χ3v) is 4.77. The Hall–Kier alpha value is -1.58. The SMILES string of the molecule is Cc1cc(CN(C)C(=O)NC2CC3CCC2C3)ccn1. The number of urea groups is 1. The van der Waals surface area contributed by atoms with E-state index in [4.69, 9.17) is 0 Å². The maximum absolute atomic E-state index is 12.3. The van der Waals surface area contributed by atoms with Crippen LogP contribution in [0.4, 0.5) is 4.79 Å². The van der Waals surface area contributed by atoms with Crippen LogP contribution < -0.4 is 5.32 Å². The first-order chi connectivity index (χ1) is 9.61. The molecule has 3 rings (SSSR count). The van der Waals surface area contributed by atoms with Gasteiger partial charge in [-0.3, -0.25) is 4.98 Å². The minimum absolute atomic E-state index is 0.0528. The highest BCUT2D eigenvalue weighted by Gasteiger charge is 2.40. The molecule has 1 aromatic heterocycles. The van der Waals surface area contributed by atoms with Gasteiger partial charge in [-0.25, -0.2) is 4.79 Å². The molecular formula is C16H23N3O. The lowest BCUT2D eigenvalue weighted by molar-refractivity contribution is 0.197. The molecule has 2 bridgehead atoms. The Morgan fingerprint density at radius 1 is 1.45 bits per heavy atom. The minimum Gasteiger partial charge on any atom is -0.335 e. The largest absolute Gasteiger partial charge is 0.335 e. The number of carbonyl (C=O) groups is 1. The topological polar surface area (TPSA) is 45.2 Å². The van der Waals surface area contributed by atoms with Crippen molar-refractivity contribution < 1.29 is 4.79 Å². The average Bonchev–Trinajstić information content (AvgIpc) is 3.01. The molecule has 0 spiro atoms. The number of fused-ring (bicyclic) bond motifs is 2. The van der Waals surface area contributed by atoms with Crippen molar-refractivity contribution in [2.24, 2.45) is 11.8 Å². The zero-order chi connectivity index (χ0) is 14.1. The molecule has 0 saturated heterocycles. The fourth-order valence-corrected chi connectivity index (χ4v) is 3.74. The number of aromatic nitrogens is 1. The summed E-state index contributed by atoms with van der Waals surface area (Å²) < 4.78 is 0. The Labute approximate surface area is 120 Å². The van der Waals surface area contributed by atoms with Gasteiger partial charge in [-0.15, -0.1) is 0 Å². The fraction of sp³-hybridized carbons (Fsp3) is 0.625. The Kier molecular flexibility index (Phi) is 3.64. The second-order valence-corrected chi connectivity index (χ2v) is 6.39. The number of rotatable bonds is 3. The molecule has 0 aromatic carbocycles. The van der Waals surface area contributed by atoms with Gasteiger partial charge in [-0.1, -0.05) is 6.42 Å². The number of hydrogen-bond donors (Lipinski definition) is 1. The number of pyridine rings is 1. The lowest BCUT2D eigenvalue weighted by atomic mass is 9.95. The zero-order valence-corrected chi connectivity index (χ0v) is 12.3. The molecule has 108 valence electrons. The molecule has 3 unspecified atom stereocenters. The summed E-state index contributed by atoms with van der Waals surface area (Å²) in [6.45, 7) is 2.61. The van der Waals surface area contributed by atoms with Gasteiger partial charge < -0.3 is 10.2 Å². The molecular weight excluding hydrogens is 250 g/mol. The van der Waals surface area contributed by atoms with Crippen LogP contribution in [-0.2, 0) is 6.54 Å². The van der Waals surface area contributed by atoms with Gasteiger partial charge in [0, 0.05) is 31.5 Å². The summed E-state index contributed by atoms with van der Waals surface area (Å²) in [5.41, 5.74) is 2.12. The van der Waals surface area contributed by atoms with E-state index in [1.165, 1.54) is 25.7 Å². The van der Waals surface area contributed by atoms with Crippen LogP contribution >= 0.6 is 0 Å². The summed E-state index contributed by atoms with van der Waals surface area (Å²) in [7, 11) is 1.86. The second kappa shape index (κ2) is 5.43. The standard InChI is InChI=1S/C16H23N3O/c1-11-7-13(5-6-17-11)10-19(2)16(20)18-15-9-12-3-4-14(15)8-12/h5-7,12,14-15H,3-4,8-10H2,1-2H3,(H,18,20). The molecule has 1 heterocycles. The highest BCUT2D eigenvalue weighted by molar-refractivity contribution is 5.74. The van der Waals surface area contributed by atoms with Crippen LogP contribution in [0.5, 0.6) is 0 Å². The first-order valence-corrected chi connectivity index (χ1v) is 7.55. The smallest absolute Gasteiger partial charge is 0.317 e. The molecule has 2 aliphatic rings. The molecule has 4 heteroatoms. The van der Waals surface area contributed by atoms with E-state index in [0.29, 0.717) is 12.6 Å². The second-order valence-electron chi connectivity index (χ2n) is 6.39. The molecule has 20 heavy (non-hydrogen) atoms. The Morgan fingerprint density at radius 3 is 2.95 bits per heavy atom. The van der Waals surface area contributed by atoms with Crippen LogP contribution in [0.15, 0.2) is 18.3 Å². The molecule has 4 nitrogen and oxygen atoms in total. The third-order valence-electron chi connectivity index (χ3n) is 4.77. The summed E-state index contributed by atoms with van der Waals surface area (Å²) in [6.07, 6.45) is 6.95. The van der Waals surface area contributed by atoms with E-state index in [2.05, 4.69) is 10.3 Å². The number of amides is 2. The summed E-state index contributed by atoms with van der Waals surface area (Å²) in [4.78, 5) is 18.2. The molecule has 0 radical (unpaired) electrons. The molecule has 2 saturated carbocycles. The highest BCUT2D eigenvalue weighted by atomic mass is 16.2. The molecule has 2 amide bonds. The van der Waals surface area contributed by atoms with Crippen molar-refractivity contribution in [2.45, 2.75) is 45.2 Å². The van der Waals surface area contributed by atoms with E-state index >= 15 is 0 Å². The maximum Gasteiger partial charge on any atom is 0.317 e. The van der Waals surface area contributed by atoms with Crippen LogP contribution in [0.25, 0.3) is 0 Å². The first-order valence-electron chi connectivity index (χ1n) is 7.55. The van der Waals surface area contributed by atoms with E-state index in [-0.39, 0.29) is 6.03 Å². The molecule has 1 aromatic rings. The maximum atomic E-state index is 12.3. The van der Waals surface area contributed by atoms with Crippen LogP contribution in [-0.4, -0.2) is 29.0 Å². The highest BCUT2D eigenvalue weighted by Crippen LogP contribution is 2.44.